The van der Waals surface area contributed by atoms with E-state index in [0.717, 1.165) is 0 Å². The monoisotopic (exact) mass is 230 g/mol. The van der Waals surface area contributed by atoms with E-state index in [1.807, 2.05) is 0 Å². The minimum absolute atomic E-state index is 0.111. The van der Waals surface area contributed by atoms with Crippen LogP contribution in [0.5, 0.6) is 11.5 Å². The van der Waals surface area contributed by atoms with E-state index in [2.05, 4.69) is 11.3 Å². The Morgan fingerprint density at radius 1 is 1.20 bits per heavy atom. The van der Waals surface area contributed by atoms with Gasteiger partial charge in [-0.3, -0.25) is 4.18 Å². The summed E-state index contributed by atoms with van der Waals surface area (Å²) in [7, 11) is 3.49. The van der Waals surface area contributed by atoms with Crippen LogP contribution >= 0.6 is 0 Å². The molecule has 0 aliphatic heterocycles. The molecule has 0 aliphatic rings. The highest BCUT2D eigenvalue weighted by atomic mass is 32.2. The molecule has 0 fully saturated rings. The molecule has 1 rings (SSSR count). The zero-order valence-corrected chi connectivity index (χ0v) is 9.08. The van der Waals surface area contributed by atoms with E-state index in [-0.39, 0.29) is 10.6 Å². The van der Waals surface area contributed by atoms with Gasteiger partial charge in [-0.25, -0.2) is 0 Å². The second-order valence-corrected chi connectivity index (χ2v) is 4.11. The van der Waals surface area contributed by atoms with Crippen molar-refractivity contribution >= 4 is 10.1 Å². The highest BCUT2D eigenvalue weighted by Gasteiger charge is 2.19. The van der Waals surface area contributed by atoms with Gasteiger partial charge >= 0.3 is 10.1 Å². The average molecular weight is 230 g/mol. The lowest BCUT2D eigenvalue weighted by atomic mass is 10.3. The Kier molecular flexibility index (Phi) is 3.54. The maximum Gasteiger partial charge on any atom is 0.301 e. The molecular weight excluding hydrogens is 220 g/mol. The van der Waals surface area contributed by atoms with Crippen LogP contribution in [0, 0.1) is 7.11 Å². The first-order chi connectivity index (χ1) is 7.05. The van der Waals surface area contributed by atoms with Gasteiger partial charge in [-0.05, 0) is 12.1 Å². The second kappa shape index (κ2) is 4.50. The third kappa shape index (κ3) is 2.40. The number of hydrogen-bond acceptors (Lipinski definition) is 5. The molecule has 82 valence electrons. The predicted octanol–water partition coefficient (Wildman–Crippen LogP) is 1.08. The van der Waals surface area contributed by atoms with Gasteiger partial charge in [-0.1, -0.05) is 0 Å². The third-order valence-corrected chi connectivity index (χ3v) is 2.90. The Morgan fingerprint density at radius 3 is 2.33 bits per heavy atom. The molecule has 5 nitrogen and oxygen atoms in total. The number of ether oxygens (including phenoxy) is 2. The van der Waals surface area contributed by atoms with Crippen molar-refractivity contribution in [2.75, 3.05) is 14.2 Å². The van der Waals surface area contributed by atoms with E-state index in [1.54, 1.807) is 0 Å². The summed E-state index contributed by atoms with van der Waals surface area (Å²) in [6.45, 7) is 0. The lowest BCUT2D eigenvalue weighted by Crippen LogP contribution is -2.04. The Hall–Kier alpha value is -1.27. The van der Waals surface area contributed by atoms with Crippen molar-refractivity contribution in [3.63, 3.8) is 0 Å². The van der Waals surface area contributed by atoms with E-state index in [0.29, 0.717) is 5.75 Å². The number of rotatable bonds is 4. The molecule has 1 aromatic carbocycles. The molecule has 0 unspecified atom stereocenters. The summed E-state index contributed by atoms with van der Waals surface area (Å²) >= 11 is 0. The Balaban J connectivity index is 3.31. The first-order valence-corrected chi connectivity index (χ1v) is 5.31. The van der Waals surface area contributed by atoms with Crippen LogP contribution in [0.25, 0.3) is 0 Å². The minimum atomic E-state index is -3.97. The average Bonchev–Trinajstić information content (AvgIpc) is 2.28. The van der Waals surface area contributed by atoms with Gasteiger partial charge in [0.2, 0.25) is 0 Å². The number of methoxy groups -OCH3 is 2. The summed E-state index contributed by atoms with van der Waals surface area (Å²) in [5.41, 5.74) is 0. The van der Waals surface area contributed by atoms with Crippen LogP contribution in [0.1, 0.15) is 0 Å². The van der Waals surface area contributed by atoms with Crippen LogP contribution in [0.15, 0.2) is 23.1 Å². The topological polar surface area (TPSA) is 61.8 Å². The molecule has 0 saturated heterocycles. The molecule has 0 amide bonds. The van der Waals surface area contributed by atoms with Crippen molar-refractivity contribution in [2.45, 2.75) is 4.90 Å². The van der Waals surface area contributed by atoms with Gasteiger partial charge in [0.05, 0.1) is 14.2 Å². The van der Waals surface area contributed by atoms with Gasteiger partial charge in [0.25, 0.3) is 0 Å². The van der Waals surface area contributed by atoms with E-state index in [1.165, 1.54) is 32.4 Å². The maximum absolute atomic E-state index is 11.3. The van der Waals surface area contributed by atoms with Crippen LogP contribution < -0.4 is 9.47 Å². The lowest BCUT2D eigenvalue weighted by molar-refractivity contribution is 0.380. The summed E-state index contributed by atoms with van der Waals surface area (Å²) < 4.78 is 36.3. The fourth-order valence-corrected chi connectivity index (χ4v) is 1.76. The van der Waals surface area contributed by atoms with Gasteiger partial charge in [-0.15, -0.1) is 0 Å². The Labute approximate surface area is 88.7 Å². The van der Waals surface area contributed by atoms with Crippen LogP contribution in [-0.2, 0) is 14.3 Å². The fraction of sp³-hybridized carbons (Fsp3) is 0.222. The predicted molar refractivity (Wildman–Crippen MR) is 52.1 cm³/mol. The summed E-state index contributed by atoms with van der Waals surface area (Å²) in [5.74, 6) is 0.586. The first-order valence-electron chi connectivity index (χ1n) is 3.90. The second-order valence-electron chi connectivity index (χ2n) is 2.57. The van der Waals surface area contributed by atoms with Crippen molar-refractivity contribution in [1.29, 1.82) is 0 Å². The van der Waals surface area contributed by atoms with Crippen molar-refractivity contribution < 1.29 is 22.1 Å². The smallest absolute Gasteiger partial charge is 0.301 e. The highest BCUT2D eigenvalue weighted by Crippen LogP contribution is 2.29. The molecule has 0 bridgehead atoms. The lowest BCUT2D eigenvalue weighted by Gasteiger charge is -2.09. The van der Waals surface area contributed by atoms with Crippen molar-refractivity contribution in [2.24, 2.45) is 0 Å². The van der Waals surface area contributed by atoms with Crippen LogP contribution in [0.3, 0.4) is 0 Å². The zero-order valence-electron chi connectivity index (χ0n) is 8.26. The molecule has 0 aliphatic carbocycles. The number of hydrogen-bond donors (Lipinski definition) is 0. The van der Waals surface area contributed by atoms with Gasteiger partial charge in [0, 0.05) is 6.07 Å². The van der Waals surface area contributed by atoms with Gasteiger partial charge in [-0.2, -0.15) is 8.42 Å². The molecule has 1 aromatic rings. The van der Waals surface area contributed by atoms with Crippen LogP contribution in [0.4, 0.5) is 0 Å². The van der Waals surface area contributed by atoms with E-state index in [4.69, 9.17) is 9.47 Å². The van der Waals surface area contributed by atoms with E-state index < -0.39 is 10.1 Å². The molecule has 15 heavy (non-hydrogen) atoms. The van der Waals surface area contributed by atoms with Crippen molar-refractivity contribution in [1.82, 2.24) is 0 Å². The largest absolute Gasteiger partial charge is 0.497 e. The van der Waals surface area contributed by atoms with Crippen molar-refractivity contribution in [3.05, 3.63) is 25.3 Å². The molecule has 0 atom stereocenters. The standard InChI is InChI=1S/C9H10O5S/c1-12-7-4-5-9(8(6-7)13-2)15(10,11)14-3/h3-6H,1-2H3. The molecule has 0 spiro atoms. The Morgan fingerprint density at radius 2 is 1.87 bits per heavy atom. The maximum atomic E-state index is 11.3. The molecular formula is C9H10O5S. The normalized spacial score (nSPS) is 11.1. The summed E-state index contributed by atoms with van der Waals surface area (Å²) in [6.07, 6.45) is 0. The molecule has 0 aromatic heterocycles. The zero-order chi connectivity index (χ0) is 11.5. The minimum Gasteiger partial charge on any atom is -0.497 e. The van der Waals surface area contributed by atoms with Gasteiger partial charge in [0.1, 0.15) is 23.5 Å². The fourth-order valence-electron chi connectivity index (χ4n) is 1.03. The van der Waals surface area contributed by atoms with Gasteiger partial charge in [0.15, 0.2) is 0 Å². The summed E-state index contributed by atoms with van der Waals surface area (Å²) in [4.78, 5) is -0.145. The summed E-state index contributed by atoms with van der Waals surface area (Å²) in [6, 6.07) is 4.18. The van der Waals surface area contributed by atoms with Crippen LogP contribution in [0.2, 0.25) is 0 Å². The third-order valence-electron chi connectivity index (χ3n) is 1.77. The van der Waals surface area contributed by atoms with Gasteiger partial charge < -0.3 is 9.47 Å². The Bertz CT molecular complexity index is 438. The quantitative estimate of drug-likeness (QED) is 0.724. The highest BCUT2D eigenvalue weighted by molar-refractivity contribution is 7.86. The molecule has 2 radical (unpaired) electrons. The van der Waals surface area contributed by atoms with E-state index in [9.17, 15) is 8.42 Å². The number of benzene rings is 1. The molecule has 0 saturated carbocycles. The molecule has 0 N–H and O–H groups in total. The molecule has 0 heterocycles. The van der Waals surface area contributed by atoms with Crippen molar-refractivity contribution in [3.8, 4) is 11.5 Å². The van der Waals surface area contributed by atoms with Crippen LogP contribution in [-0.4, -0.2) is 22.6 Å². The van der Waals surface area contributed by atoms with E-state index >= 15 is 0 Å². The molecule has 6 heteroatoms. The summed E-state index contributed by atoms with van der Waals surface area (Å²) in [5, 5.41) is 0. The SMILES string of the molecule is [CH]OS(=O)(=O)c1ccc(OC)cc1OC. The first kappa shape index (κ1) is 11.8.